The summed E-state index contributed by atoms with van der Waals surface area (Å²) in [5.41, 5.74) is 1.25. The van der Waals surface area contributed by atoms with Gasteiger partial charge in [-0.3, -0.25) is 0 Å². The molecule has 0 spiro atoms. The number of hydrogen-bond acceptors (Lipinski definition) is 6. The van der Waals surface area contributed by atoms with Gasteiger partial charge in [-0.15, -0.1) is 0 Å². The number of benzene rings is 1. The van der Waals surface area contributed by atoms with Crippen LogP contribution in [0.4, 0.5) is 5.69 Å². The van der Waals surface area contributed by atoms with Gasteiger partial charge in [-0.2, -0.15) is 15.8 Å². The van der Waals surface area contributed by atoms with E-state index in [1.165, 1.54) is 0 Å². The quantitative estimate of drug-likeness (QED) is 0.850. The normalized spacial score (nSPS) is 11.0. The molecule has 1 N–H and O–H groups in total. The van der Waals surface area contributed by atoms with E-state index in [9.17, 15) is 0 Å². The first kappa shape index (κ1) is 14.2. The van der Waals surface area contributed by atoms with Crippen LogP contribution in [0.1, 0.15) is 18.9 Å². The lowest BCUT2D eigenvalue weighted by Crippen LogP contribution is -2.03. The van der Waals surface area contributed by atoms with Crippen molar-refractivity contribution < 1.29 is 9.47 Å². The number of fused-ring (bicyclic) bond motifs is 1. The maximum atomic E-state index is 9.11. The Bertz CT molecular complexity index is 701. The number of aryl methyl sites for hydroxylation is 1. The van der Waals surface area contributed by atoms with E-state index < -0.39 is 0 Å². The highest BCUT2D eigenvalue weighted by Gasteiger charge is 2.18. The Morgan fingerprint density at radius 2 is 1.81 bits per heavy atom. The topological polar surface area (TPSA) is 102 Å². The molecule has 0 aromatic heterocycles. The van der Waals surface area contributed by atoms with E-state index in [0.717, 1.165) is 18.4 Å². The smallest absolute Gasteiger partial charge is 0.231 e. The van der Waals surface area contributed by atoms with Gasteiger partial charge in [-0.1, -0.05) is 13.3 Å². The zero-order valence-corrected chi connectivity index (χ0v) is 11.4. The Labute approximate surface area is 122 Å². The molecule has 6 nitrogen and oxygen atoms in total. The summed E-state index contributed by atoms with van der Waals surface area (Å²) in [4.78, 5) is 0. The molecule has 6 heteroatoms. The molecule has 21 heavy (non-hydrogen) atoms. The summed E-state index contributed by atoms with van der Waals surface area (Å²) in [6.07, 6.45) is 1.68. The van der Waals surface area contributed by atoms with Crippen molar-refractivity contribution in [2.75, 3.05) is 12.1 Å². The first-order valence-electron chi connectivity index (χ1n) is 6.37. The first-order valence-corrected chi connectivity index (χ1v) is 6.37. The summed E-state index contributed by atoms with van der Waals surface area (Å²) in [6, 6.07) is 8.82. The lowest BCUT2D eigenvalue weighted by atomic mass is 10.1. The van der Waals surface area contributed by atoms with Crippen LogP contribution >= 0.6 is 0 Å². The number of hydrogen-bond donors (Lipinski definition) is 1. The number of nitrogens with one attached hydrogen (secondary N) is 1. The minimum atomic E-state index is -0.252. The Hall–Kier alpha value is -3.17. The molecule has 0 bridgehead atoms. The van der Waals surface area contributed by atoms with Gasteiger partial charge in [0.05, 0.1) is 0 Å². The number of nitrogens with zero attached hydrogens (tertiary/aromatic N) is 3. The van der Waals surface area contributed by atoms with Gasteiger partial charge in [-0.25, -0.2) is 0 Å². The SMILES string of the molecule is CCCc1cc2c(cc1NC(C#N)=C(C#N)C#N)OCO2. The average Bonchev–Trinajstić information content (AvgIpc) is 2.94. The van der Waals surface area contributed by atoms with Gasteiger partial charge in [-0.05, 0) is 18.1 Å². The summed E-state index contributed by atoms with van der Waals surface area (Å²) in [7, 11) is 0. The van der Waals surface area contributed by atoms with Gasteiger partial charge in [0.2, 0.25) is 6.79 Å². The predicted octanol–water partition coefficient (Wildman–Crippen LogP) is 2.60. The second-order valence-corrected chi connectivity index (χ2v) is 4.32. The molecule has 0 radical (unpaired) electrons. The minimum absolute atomic E-state index is 0.0729. The second kappa shape index (κ2) is 6.32. The molecule has 2 rings (SSSR count). The summed E-state index contributed by atoms with van der Waals surface area (Å²) in [5.74, 6) is 1.23. The van der Waals surface area contributed by atoms with Crippen LogP contribution in [-0.2, 0) is 6.42 Å². The van der Waals surface area contributed by atoms with Crippen LogP contribution in [0, 0.1) is 34.0 Å². The van der Waals surface area contributed by atoms with E-state index in [1.54, 1.807) is 18.2 Å². The summed E-state index contributed by atoms with van der Waals surface area (Å²) >= 11 is 0. The maximum Gasteiger partial charge on any atom is 0.231 e. The van der Waals surface area contributed by atoms with Crippen molar-refractivity contribution in [3.63, 3.8) is 0 Å². The molecule has 0 amide bonds. The molecule has 0 fully saturated rings. The van der Waals surface area contributed by atoms with E-state index in [2.05, 4.69) is 5.32 Å². The Morgan fingerprint density at radius 3 is 2.38 bits per heavy atom. The number of anilines is 1. The van der Waals surface area contributed by atoms with E-state index in [0.29, 0.717) is 17.2 Å². The van der Waals surface area contributed by atoms with Gasteiger partial charge >= 0.3 is 0 Å². The third-order valence-electron chi connectivity index (χ3n) is 2.96. The second-order valence-electron chi connectivity index (χ2n) is 4.32. The molecule has 1 aromatic carbocycles. The number of ether oxygens (including phenoxy) is 2. The molecule has 0 unspecified atom stereocenters. The molecular weight excluding hydrogens is 268 g/mol. The fraction of sp³-hybridized carbons (Fsp3) is 0.267. The molecule has 1 aliphatic rings. The van der Waals surface area contributed by atoms with Gasteiger partial charge in [0, 0.05) is 11.8 Å². The Morgan fingerprint density at radius 1 is 1.14 bits per heavy atom. The van der Waals surface area contributed by atoms with Crippen molar-refractivity contribution in [1.82, 2.24) is 0 Å². The van der Waals surface area contributed by atoms with Crippen LogP contribution in [0.2, 0.25) is 0 Å². The summed E-state index contributed by atoms with van der Waals surface area (Å²) in [6.45, 7) is 2.19. The van der Waals surface area contributed by atoms with Crippen LogP contribution in [0.5, 0.6) is 11.5 Å². The minimum Gasteiger partial charge on any atom is -0.454 e. The van der Waals surface area contributed by atoms with Crippen molar-refractivity contribution in [3.05, 3.63) is 29.0 Å². The molecule has 0 saturated carbocycles. The molecule has 1 aliphatic heterocycles. The van der Waals surface area contributed by atoms with Crippen molar-refractivity contribution >= 4 is 5.69 Å². The van der Waals surface area contributed by atoms with E-state index >= 15 is 0 Å². The Kier molecular flexibility index (Phi) is 4.29. The third kappa shape index (κ3) is 2.88. The van der Waals surface area contributed by atoms with E-state index in [-0.39, 0.29) is 18.1 Å². The highest BCUT2D eigenvalue weighted by atomic mass is 16.7. The lowest BCUT2D eigenvalue weighted by molar-refractivity contribution is 0.174. The van der Waals surface area contributed by atoms with Crippen molar-refractivity contribution in [3.8, 4) is 29.7 Å². The average molecular weight is 280 g/mol. The van der Waals surface area contributed by atoms with Gasteiger partial charge in [0.15, 0.2) is 17.1 Å². The highest BCUT2D eigenvalue weighted by Crippen LogP contribution is 2.38. The molecule has 0 aliphatic carbocycles. The molecule has 104 valence electrons. The molecule has 1 aromatic rings. The molecule has 0 saturated heterocycles. The molecule has 1 heterocycles. The van der Waals surface area contributed by atoms with Crippen LogP contribution < -0.4 is 14.8 Å². The van der Waals surface area contributed by atoms with Crippen LogP contribution in [0.15, 0.2) is 23.4 Å². The maximum absolute atomic E-state index is 9.11. The zero-order chi connectivity index (χ0) is 15.2. The lowest BCUT2D eigenvalue weighted by Gasteiger charge is -2.12. The predicted molar refractivity (Wildman–Crippen MR) is 74.0 cm³/mol. The number of allylic oxidation sites excluding steroid dienone is 2. The van der Waals surface area contributed by atoms with Crippen LogP contribution in [-0.4, -0.2) is 6.79 Å². The van der Waals surface area contributed by atoms with Crippen LogP contribution in [0.3, 0.4) is 0 Å². The van der Waals surface area contributed by atoms with E-state index in [4.69, 9.17) is 25.3 Å². The van der Waals surface area contributed by atoms with Crippen molar-refractivity contribution in [2.24, 2.45) is 0 Å². The largest absolute Gasteiger partial charge is 0.454 e. The monoisotopic (exact) mass is 280 g/mol. The number of rotatable bonds is 4. The summed E-state index contributed by atoms with van der Waals surface area (Å²) < 4.78 is 10.6. The fourth-order valence-electron chi connectivity index (χ4n) is 1.99. The van der Waals surface area contributed by atoms with Crippen molar-refractivity contribution in [2.45, 2.75) is 19.8 Å². The van der Waals surface area contributed by atoms with Gasteiger partial charge in [0.1, 0.15) is 23.9 Å². The summed E-state index contributed by atoms with van der Waals surface area (Å²) in [5, 5.41) is 29.7. The third-order valence-corrected chi connectivity index (χ3v) is 2.96. The van der Waals surface area contributed by atoms with Crippen molar-refractivity contribution in [1.29, 1.82) is 15.8 Å². The molecule has 0 atom stereocenters. The zero-order valence-electron chi connectivity index (χ0n) is 11.4. The fourth-order valence-corrected chi connectivity index (χ4v) is 1.99. The Balaban J connectivity index is 2.45. The highest BCUT2D eigenvalue weighted by molar-refractivity contribution is 5.66. The molecular formula is C15H12N4O2. The number of nitriles is 3. The van der Waals surface area contributed by atoms with Crippen LogP contribution in [0.25, 0.3) is 0 Å². The van der Waals surface area contributed by atoms with Gasteiger partial charge in [0.25, 0.3) is 0 Å². The standard InChI is InChI=1S/C15H12N4O2/c1-2-3-10-4-14-15(21-9-20-14)5-12(10)19-13(8-18)11(6-16)7-17/h4-5,19H,2-3,9H2,1H3. The van der Waals surface area contributed by atoms with Gasteiger partial charge < -0.3 is 14.8 Å². The first-order chi connectivity index (χ1) is 10.2. The van der Waals surface area contributed by atoms with E-state index in [1.807, 2.05) is 19.1 Å².